The molecule has 2 aliphatic rings. The minimum Gasteiger partial charge on any atom is -0.311 e. The molecule has 0 saturated heterocycles. The van der Waals surface area contributed by atoms with Crippen LogP contribution in [0.1, 0.15) is 47.2 Å². The lowest BCUT2D eigenvalue weighted by Crippen LogP contribution is -2.40. The summed E-state index contributed by atoms with van der Waals surface area (Å²) in [5, 5.41) is 0. The molecule has 1 spiro atoms. The van der Waals surface area contributed by atoms with Gasteiger partial charge in [0.25, 0.3) is 0 Å². The molecular formula is C52H40N2. The SMILES string of the molecule is CC1(C)c2ccccc2C2(c3ccccc3-c3c(N(c4ccccc4)c4ccc(N(c5ccccc5)c5ccccc5)cc4)cccc32)c2ccccc21. The van der Waals surface area contributed by atoms with Gasteiger partial charge in [0.1, 0.15) is 0 Å². The summed E-state index contributed by atoms with van der Waals surface area (Å²) in [6, 6.07) is 75.4. The van der Waals surface area contributed by atoms with Crippen molar-refractivity contribution in [3.63, 3.8) is 0 Å². The number of anilines is 6. The highest BCUT2D eigenvalue weighted by Crippen LogP contribution is 2.64. The summed E-state index contributed by atoms with van der Waals surface area (Å²) in [5.74, 6) is 0. The zero-order valence-corrected chi connectivity index (χ0v) is 30.5. The quantitative estimate of drug-likeness (QED) is 0.171. The Morgan fingerprint density at radius 3 is 1.19 bits per heavy atom. The molecule has 0 aliphatic heterocycles. The first-order valence-corrected chi connectivity index (χ1v) is 18.9. The van der Waals surface area contributed by atoms with E-state index in [1.165, 1.54) is 50.2 Å². The van der Waals surface area contributed by atoms with Crippen molar-refractivity contribution in [3.8, 4) is 11.1 Å². The van der Waals surface area contributed by atoms with E-state index >= 15 is 0 Å². The Bertz CT molecular complexity index is 2540. The molecule has 0 aromatic heterocycles. The fraction of sp³-hybridized carbons (Fsp3) is 0.0769. The third kappa shape index (κ3) is 4.66. The van der Waals surface area contributed by atoms with Crippen LogP contribution in [0, 0.1) is 0 Å². The van der Waals surface area contributed by atoms with Crippen molar-refractivity contribution in [3.05, 3.63) is 240 Å². The van der Waals surface area contributed by atoms with Crippen molar-refractivity contribution >= 4 is 34.1 Å². The van der Waals surface area contributed by atoms with E-state index < -0.39 is 5.41 Å². The van der Waals surface area contributed by atoms with Crippen LogP contribution in [0.2, 0.25) is 0 Å². The minimum absolute atomic E-state index is 0.140. The molecule has 2 aliphatic carbocycles. The summed E-state index contributed by atoms with van der Waals surface area (Å²) in [7, 11) is 0. The molecular weight excluding hydrogens is 653 g/mol. The summed E-state index contributed by atoms with van der Waals surface area (Å²) >= 11 is 0. The molecule has 8 aromatic rings. The fourth-order valence-electron chi connectivity index (χ4n) is 9.43. The Morgan fingerprint density at radius 2 is 0.667 bits per heavy atom. The lowest BCUT2D eigenvalue weighted by Gasteiger charge is -2.46. The van der Waals surface area contributed by atoms with Crippen molar-refractivity contribution in [2.24, 2.45) is 0 Å². The Labute approximate surface area is 318 Å². The molecule has 2 heteroatoms. The number of nitrogens with zero attached hydrogens (tertiary/aromatic N) is 2. The largest absolute Gasteiger partial charge is 0.311 e. The fourth-order valence-corrected chi connectivity index (χ4v) is 9.43. The lowest BCUT2D eigenvalue weighted by molar-refractivity contribution is 0.563. The second kappa shape index (κ2) is 12.5. The van der Waals surface area contributed by atoms with Crippen molar-refractivity contribution in [1.29, 1.82) is 0 Å². The molecule has 0 fully saturated rings. The number of para-hydroxylation sites is 3. The van der Waals surface area contributed by atoms with Crippen molar-refractivity contribution in [1.82, 2.24) is 0 Å². The summed E-state index contributed by atoms with van der Waals surface area (Å²) in [4.78, 5) is 4.76. The van der Waals surface area contributed by atoms with E-state index in [-0.39, 0.29) is 5.41 Å². The van der Waals surface area contributed by atoms with Crippen LogP contribution in [0.15, 0.2) is 206 Å². The Kier molecular flexibility index (Phi) is 7.42. The minimum atomic E-state index is -0.456. The van der Waals surface area contributed by atoms with E-state index in [0.29, 0.717) is 0 Å². The third-order valence-electron chi connectivity index (χ3n) is 11.7. The van der Waals surface area contributed by atoms with Crippen LogP contribution >= 0.6 is 0 Å². The molecule has 0 amide bonds. The van der Waals surface area contributed by atoms with Crippen LogP contribution in [-0.2, 0) is 10.8 Å². The predicted octanol–water partition coefficient (Wildman–Crippen LogP) is 13.6. The summed E-state index contributed by atoms with van der Waals surface area (Å²) in [6.07, 6.45) is 0. The highest BCUT2D eigenvalue weighted by Gasteiger charge is 2.53. The van der Waals surface area contributed by atoms with Gasteiger partial charge < -0.3 is 9.80 Å². The van der Waals surface area contributed by atoms with Gasteiger partial charge in [0.15, 0.2) is 0 Å². The van der Waals surface area contributed by atoms with E-state index in [4.69, 9.17) is 0 Å². The molecule has 0 saturated carbocycles. The number of fused-ring (bicyclic) bond motifs is 9. The second-order valence-corrected chi connectivity index (χ2v) is 14.9. The molecule has 2 nitrogen and oxygen atoms in total. The van der Waals surface area contributed by atoms with E-state index in [1.54, 1.807) is 0 Å². The van der Waals surface area contributed by atoms with Gasteiger partial charge >= 0.3 is 0 Å². The second-order valence-electron chi connectivity index (χ2n) is 14.9. The normalized spacial score (nSPS) is 14.0. The molecule has 0 radical (unpaired) electrons. The van der Waals surface area contributed by atoms with E-state index in [1.807, 2.05) is 0 Å². The number of hydrogen-bond donors (Lipinski definition) is 0. The van der Waals surface area contributed by atoms with E-state index in [0.717, 1.165) is 28.4 Å². The molecule has 0 N–H and O–H groups in total. The maximum atomic E-state index is 2.44. The van der Waals surface area contributed by atoms with Gasteiger partial charge in [-0.3, -0.25) is 0 Å². The standard InChI is InChI=1S/C52H40N2/c1-51(2)44-27-14-16-29-46(44)52(47-30-17-15-28-45(47)51)43-26-13-12-25-42(43)50-48(52)31-18-32-49(50)54(39-23-10-5-11-24-39)41-35-33-40(34-36-41)53(37-19-6-3-7-20-37)38-21-8-4-9-22-38/h3-36H,1-2H3. The van der Waals surface area contributed by atoms with Crippen LogP contribution in [0.5, 0.6) is 0 Å². The van der Waals surface area contributed by atoms with Gasteiger partial charge in [-0.05, 0) is 106 Å². The maximum absolute atomic E-state index is 2.44. The van der Waals surface area contributed by atoms with Gasteiger partial charge in [0.2, 0.25) is 0 Å². The molecule has 54 heavy (non-hydrogen) atoms. The van der Waals surface area contributed by atoms with E-state index in [2.05, 4.69) is 230 Å². The van der Waals surface area contributed by atoms with Crippen LogP contribution < -0.4 is 9.80 Å². The van der Waals surface area contributed by atoms with Crippen molar-refractivity contribution in [2.45, 2.75) is 24.7 Å². The van der Waals surface area contributed by atoms with Crippen LogP contribution in [0.4, 0.5) is 34.1 Å². The topological polar surface area (TPSA) is 6.48 Å². The van der Waals surface area contributed by atoms with Crippen molar-refractivity contribution in [2.75, 3.05) is 9.80 Å². The molecule has 0 bridgehead atoms. The zero-order valence-electron chi connectivity index (χ0n) is 30.5. The first kappa shape index (κ1) is 32.0. The molecule has 0 unspecified atom stereocenters. The average Bonchev–Trinajstić information content (AvgIpc) is 3.54. The van der Waals surface area contributed by atoms with Gasteiger partial charge in [0.05, 0.1) is 11.1 Å². The summed E-state index contributed by atoms with van der Waals surface area (Å²) in [5.41, 5.74) is 16.9. The van der Waals surface area contributed by atoms with Gasteiger partial charge in [0, 0.05) is 39.4 Å². The zero-order chi connectivity index (χ0) is 36.3. The van der Waals surface area contributed by atoms with Crippen LogP contribution in [0.25, 0.3) is 11.1 Å². The number of hydrogen-bond acceptors (Lipinski definition) is 2. The molecule has 0 atom stereocenters. The Morgan fingerprint density at radius 1 is 0.296 bits per heavy atom. The molecule has 0 heterocycles. The monoisotopic (exact) mass is 692 g/mol. The average molecular weight is 693 g/mol. The van der Waals surface area contributed by atoms with Gasteiger partial charge in [-0.1, -0.05) is 153 Å². The predicted molar refractivity (Wildman–Crippen MR) is 225 cm³/mol. The smallest absolute Gasteiger partial charge is 0.0720 e. The van der Waals surface area contributed by atoms with Crippen molar-refractivity contribution < 1.29 is 0 Å². The third-order valence-corrected chi connectivity index (χ3v) is 11.7. The number of rotatable bonds is 6. The summed E-state index contributed by atoms with van der Waals surface area (Å²) in [6.45, 7) is 4.76. The molecule has 8 aromatic carbocycles. The first-order chi connectivity index (χ1) is 26.6. The molecule has 10 rings (SSSR count). The van der Waals surface area contributed by atoms with Gasteiger partial charge in [-0.25, -0.2) is 0 Å². The van der Waals surface area contributed by atoms with Crippen LogP contribution in [0.3, 0.4) is 0 Å². The molecule has 258 valence electrons. The highest BCUT2D eigenvalue weighted by molar-refractivity contribution is 5.98. The first-order valence-electron chi connectivity index (χ1n) is 18.9. The Hall–Kier alpha value is -6.64. The van der Waals surface area contributed by atoms with Gasteiger partial charge in [-0.15, -0.1) is 0 Å². The number of benzene rings is 8. The Balaban J connectivity index is 1.21. The van der Waals surface area contributed by atoms with Gasteiger partial charge in [-0.2, -0.15) is 0 Å². The lowest BCUT2D eigenvalue weighted by atomic mass is 9.55. The highest BCUT2D eigenvalue weighted by atomic mass is 15.2. The maximum Gasteiger partial charge on any atom is 0.0720 e. The summed E-state index contributed by atoms with van der Waals surface area (Å²) < 4.78 is 0. The van der Waals surface area contributed by atoms with Crippen LogP contribution in [-0.4, -0.2) is 0 Å². The van der Waals surface area contributed by atoms with E-state index in [9.17, 15) is 0 Å².